The van der Waals surface area contributed by atoms with E-state index in [9.17, 15) is 0 Å². The van der Waals surface area contributed by atoms with Crippen molar-refractivity contribution < 1.29 is 9.47 Å². The van der Waals surface area contributed by atoms with Crippen LogP contribution in [-0.2, 0) is 0 Å². The summed E-state index contributed by atoms with van der Waals surface area (Å²) in [5.41, 5.74) is 2.18. The molecule has 6 nitrogen and oxygen atoms in total. The third-order valence-corrected chi connectivity index (χ3v) is 4.99. The van der Waals surface area contributed by atoms with E-state index in [0.29, 0.717) is 6.61 Å². The smallest absolute Gasteiger partial charge is 0.184 e. The highest BCUT2D eigenvalue weighted by Crippen LogP contribution is 2.38. The molecule has 0 atom stereocenters. The summed E-state index contributed by atoms with van der Waals surface area (Å²) in [5, 5.41) is 8.85. The lowest BCUT2D eigenvalue weighted by molar-refractivity contribution is 0.294. The van der Waals surface area contributed by atoms with Crippen LogP contribution in [0.3, 0.4) is 0 Å². The summed E-state index contributed by atoms with van der Waals surface area (Å²) in [4.78, 5) is 4.71. The molecule has 0 spiro atoms. The van der Waals surface area contributed by atoms with Gasteiger partial charge in [-0.3, -0.25) is 5.10 Å². The molecule has 0 radical (unpaired) electrons. The van der Waals surface area contributed by atoms with E-state index in [4.69, 9.17) is 9.47 Å². The fourth-order valence-corrected chi connectivity index (χ4v) is 3.63. The van der Waals surface area contributed by atoms with Crippen molar-refractivity contribution in [1.82, 2.24) is 10.2 Å². The quantitative estimate of drug-likeness (QED) is 0.721. The molecule has 6 heteroatoms. The van der Waals surface area contributed by atoms with Gasteiger partial charge in [-0.1, -0.05) is 25.1 Å². The second-order valence-electron chi connectivity index (χ2n) is 6.72. The molecule has 2 aromatic carbocycles. The summed E-state index contributed by atoms with van der Waals surface area (Å²) < 4.78 is 11.5. The summed E-state index contributed by atoms with van der Waals surface area (Å²) >= 11 is 0. The number of benzene rings is 2. The molecule has 1 aliphatic heterocycles. The number of methoxy groups -OCH3 is 1. The topological polar surface area (TPSA) is 53.6 Å². The molecule has 0 saturated carbocycles. The van der Waals surface area contributed by atoms with E-state index in [0.717, 1.165) is 61.1 Å². The zero-order chi connectivity index (χ0) is 18.6. The van der Waals surface area contributed by atoms with Gasteiger partial charge in [0.05, 0.1) is 24.9 Å². The van der Waals surface area contributed by atoms with Crippen LogP contribution in [0.15, 0.2) is 42.5 Å². The number of nitrogens with one attached hydrogen (secondary N) is 1. The largest absolute Gasteiger partial charge is 0.491 e. The molecule has 1 fully saturated rings. The van der Waals surface area contributed by atoms with Crippen LogP contribution >= 0.6 is 0 Å². The van der Waals surface area contributed by atoms with E-state index in [1.54, 1.807) is 7.11 Å². The first-order valence-electron chi connectivity index (χ1n) is 9.54. The number of hydrogen-bond donors (Lipinski definition) is 1. The molecular weight excluding hydrogens is 340 g/mol. The van der Waals surface area contributed by atoms with E-state index in [-0.39, 0.29) is 0 Å². The van der Waals surface area contributed by atoms with Crippen LogP contribution in [0, 0.1) is 0 Å². The Bertz CT molecular complexity index is 900. The fourth-order valence-electron chi connectivity index (χ4n) is 3.63. The Kier molecular flexibility index (Phi) is 5.05. The van der Waals surface area contributed by atoms with Crippen LogP contribution in [-0.4, -0.2) is 50.1 Å². The maximum absolute atomic E-state index is 5.86. The standard InChI is InChI=1S/C21H26N4O2/c1-3-15-27-19-10-6-9-18(20(19)26-2)24-11-13-25(14-12-24)21-16-7-4-5-8-17(16)22-23-21/h4-10H,3,11-15H2,1-2H3,(H,22,23). The van der Waals surface area contributed by atoms with E-state index in [1.807, 2.05) is 18.2 Å². The zero-order valence-electron chi connectivity index (χ0n) is 15.9. The van der Waals surface area contributed by atoms with Crippen LogP contribution in [0.5, 0.6) is 11.5 Å². The van der Waals surface area contributed by atoms with Crippen molar-refractivity contribution in [2.24, 2.45) is 0 Å². The van der Waals surface area contributed by atoms with Gasteiger partial charge in [0.2, 0.25) is 0 Å². The number of hydrogen-bond acceptors (Lipinski definition) is 5. The number of fused-ring (bicyclic) bond motifs is 1. The van der Waals surface area contributed by atoms with Crippen molar-refractivity contribution in [2.45, 2.75) is 13.3 Å². The first-order chi connectivity index (χ1) is 13.3. The lowest BCUT2D eigenvalue weighted by Gasteiger charge is -2.37. The Hall–Kier alpha value is -2.89. The van der Waals surface area contributed by atoms with Crippen molar-refractivity contribution in [2.75, 3.05) is 49.7 Å². The average Bonchev–Trinajstić information content (AvgIpc) is 3.16. The summed E-state index contributed by atoms with van der Waals surface area (Å²) in [5.74, 6) is 2.68. The Morgan fingerprint density at radius 2 is 1.78 bits per heavy atom. The first kappa shape index (κ1) is 17.5. The summed E-state index contributed by atoms with van der Waals surface area (Å²) in [6.45, 7) is 6.45. The van der Waals surface area contributed by atoms with Crippen molar-refractivity contribution in [1.29, 1.82) is 0 Å². The Balaban J connectivity index is 1.51. The number of anilines is 2. The van der Waals surface area contributed by atoms with E-state index in [2.05, 4.69) is 51.2 Å². The molecule has 0 amide bonds. The molecule has 1 saturated heterocycles. The number of rotatable bonds is 6. The Morgan fingerprint density at radius 1 is 1.00 bits per heavy atom. The average molecular weight is 366 g/mol. The van der Waals surface area contributed by atoms with Gasteiger partial charge in [0.25, 0.3) is 0 Å². The molecule has 0 bridgehead atoms. The van der Waals surface area contributed by atoms with Crippen molar-refractivity contribution >= 4 is 22.4 Å². The Morgan fingerprint density at radius 3 is 2.56 bits per heavy atom. The number of aromatic amines is 1. The molecule has 3 aromatic rings. The van der Waals surface area contributed by atoms with Crippen molar-refractivity contribution in [3.8, 4) is 11.5 Å². The molecule has 27 heavy (non-hydrogen) atoms. The highest BCUT2D eigenvalue weighted by molar-refractivity contribution is 5.90. The third-order valence-electron chi connectivity index (χ3n) is 4.99. The molecule has 4 rings (SSSR count). The number of para-hydroxylation sites is 2. The lowest BCUT2D eigenvalue weighted by Crippen LogP contribution is -2.46. The predicted octanol–water partition coefficient (Wildman–Crippen LogP) is 3.69. The second-order valence-corrected chi connectivity index (χ2v) is 6.72. The molecule has 1 N–H and O–H groups in total. The summed E-state index contributed by atoms with van der Waals surface area (Å²) in [6.07, 6.45) is 0.976. The minimum atomic E-state index is 0.694. The van der Waals surface area contributed by atoms with Gasteiger partial charge in [0, 0.05) is 31.6 Å². The van der Waals surface area contributed by atoms with E-state index >= 15 is 0 Å². The Labute approximate surface area is 159 Å². The van der Waals surface area contributed by atoms with Crippen LogP contribution < -0.4 is 19.3 Å². The highest BCUT2D eigenvalue weighted by Gasteiger charge is 2.23. The van der Waals surface area contributed by atoms with Gasteiger partial charge in [-0.2, -0.15) is 5.10 Å². The molecule has 1 aromatic heterocycles. The van der Waals surface area contributed by atoms with Gasteiger partial charge in [0.15, 0.2) is 17.3 Å². The maximum atomic E-state index is 5.86. The second kappa shape index (κ2) is 7.78. The van der Waals surface area contributed by atoms with Gasteiger partial charge in [-0.15, -0.1) is 0 Å². The van der Waals surface area contributed by atoms with Gasteiger partial charge in [-0.25, -0.2) is 0 Å². The van der Waals surface area contributed by atoms with Crippen LogP contribution in [0.1, 0.15) is 13.3 Å². The molecule has 0 aliphatic carbocycles. The summed E-state index contributed by atoms with van der Waals surface area (Å²) in [6, 6.07) is 14.4. The van der Waals surface area contributed by atoms with Crippen LogP contribution in [0.4, 0.5) is 11.5 Å². The number of H-pyrrole nitrogens is 1. The minimum Gasteiger partial charge on any atom is -0.491 e. The predicted molar refractivity (Wildman–Crippen MR) is 109 cm³/mol. The summed E-state index contributed by atoms with van der Waals surface area (Å²) in [7, 11) is 1.71. The SMILES string of the molecule is CCCOc1cccc(N2CCN(c3n[nH]c4ccccc34)CC2)c1OC. The van der Waals surface area contributed by atoms with Gasteiger partial charge in [-0.05, 0) is 30.7 Å². The van der Waals surface area contributed by atoms with Crippen LogP contribution in [0.25, 0.3) is 10.9 Å². The molecule has 0 unspecified atom stereocenters. The van der Waals surface area contributed by atoms with Crippen molar-refractivity contribution in [3.63, 3.8) is 0 Å². The molecular formula is C21H26N4O2. The lowest BCUT2D eigenvalue weighted by atomic mass is 10.2. The molecule has 1 aliphatic rings. The number of piperazine rings is 1. The number of nitrogens with zero attached hydrogens (tertiary/aromatic N) is 3. The first-order valence-corrected chi connectivity index (χ1v) is 9.54. The van der Waals surface area contributed by atoms with Gasteiger partial charge in [0.1, 0.15) is 0 Å². The number of aromatic nitrogens is 2. The highest BCUT2D eigenvalue weighted by atomic mass is 16.5. The van der Waals surface area contributed by atoms with Gasteiger partial charge < -0.3 is 19.3 Å². The third kappa shape index (κ3) is 3.39. The number of ether oxygens (including phenoxy) is 2. The van der Waals surface area contributed by atoms with E-state index < -0.39 is 0 Å². The van der Waals surface area contributed by atoms with Crippen LogP contribution in [0.2, 0.25) is 0 Å². The van der Waals surface area contributed by atoms with Gasteiger partial charge >= 0.3 is 0 Å². The monoisotopic (exact) mass is 366 g/mol. The maximum Gasteiger partial charge on any atom is 0.184 e. The van der Waals surface area contributed by atoms with E-state index in [1.165, 1.54) is 5.39 Å². The van der Waals surface area contributed by atoms with Crippen molar-refractivity contribution in [3.05, 3.63) is 42.5 Å². The zero-order valence-corrected chi connectivity index (χ0v) is 15.9. The normalized spacial score (nSPS) is 14.6. The molecule has 2 heterocycles. The minimum absolute atomic E-state index is 0.694. The fraction of sp³-hybridized carbons (Fsp3) is 0.381. The molecule has 142 valence electrons.